The summed E-state index contributed by atoms with van der Waals surface area (Å²) in [5.41, 5.74) is 6.95. The Bertz CT molecular complexity index is 113. The maximum Gasteiger partial charge on any atom is 0.00997 e. The van der Waals surface area contributed by atoms with E-state index in [1.165, 1.54) is 38.5 Å². The molecule has 0 aliphatic heterocycles. The number of rotatable bonds is 8. The van der Waals surface area contributed by atoms with Crippen LogP contribution >= 0.6 is 0 Å². The maximum absolute atomic E-state index is 6.95. The van der Waals surface area contributed by atoms with Crippen LogP contribution in [0.3, 0.4) is 0 Å². The number of hydrogen-bond donors (Lipinski definition) is 0. The minimum Gasteiger partial charge on any atom is -0.258 e. The van der Waals surface area contributed by atoms with E-state index in [1.54, 1.807) is 0 Å². The summed E-state index contributed by atoms with van der Waals surface area (Å²) in [5.74, 6) is 2.65. The Kier molecular flexibility index (Phi) is 10.1. The molecule has 1 heteroatoms. The molecule has 0 amide bonds. The van der Waals surface area contributed by atoms with Gasteiger partial charge in [-0.2, -0.15) is 0 Å². The number of nitrogens with one attached hydrogen (secondary N) is 1. The Balaban J connectivity index is 2.78. The molecule has 0 atom stereocenters. The van der Waals surface area contributed by atoms with Crippen LogP contribution in [0.15, 0.2) is 0 Å². The van der Waals surface area contributed by atoms with Gasteiger partial charge in [-0.3, -0.25) is 5.73 Å². The fourth-order valence-electron chi connectivity index (χ4n) is 1.24. The maximum atomic E-state index is 6.95. The molecule has 0 aromatic heterocycles. The predicted molar refractivity (Wildman–Crippen MR) is 53.7 cm³/mol. The van der Waals surface area contributed by atoms with Crippen LogP contribution in [0.5, 0.6) is 0 Å². The van der Waals surface area contributed by atoms with Gasteiger partial charge in [0, 0.05) is 13.0 Å². The van der Waals surface area contributed by atoms with Crippen LogP contribution in [0.4, 0.5) is 0 Å². The predicted octanol–water partition coefficient (Wildman–Crippen LogP) is 3.02. The zero-order chi connectivity index (χ0) is 9.07. The standard InChI is InChI=1S/C11H20N/c1-2-3-4-5-6-7-8-9-10-11-12/h1,12H,3-11H2. The second-order valence-corrected chi connectivity index (χ2v) is 3.18. The van der Waals surface area contributed by atoms with E-state index in [2.05, 4.69) is 5.92 Å². The van der Waals surface area contributed by atoms with Crippen LogP contribution in [0, 0.1) is 12.3 Å². The molecule has 0 fully saturated rings. The van der Waals surface area contributed by atoms with E-state index in [0.717, 1.165) is 12.8 Å². The molecular weight excluding hydrogens is 146 g/mol. The van der Waals surface area contributed by atoms with E-state index in [-0.39, 0.29) is 0 Å². The minimum atomic E-state index is 0.594. The third kappa shape index (κ3) is 9.52. The van der Waals surface area contributed by atoms with Gasteiger partial charge in [0.15, 0.2) is 0 Å². The molecule has 0 aliphatic rings. The molecule has 0 saturated heterocycles. The summed E-state index contributed by atoms with van der Waals surface area (Å²) in [4.78, 5) is 0. The zero-order valence-electron chi connectivity index (χ0n) is 7.94. The molecule has 0 spiro atoms. The number of terminal acetylenes is 1. The highest BCUT2D eigenvalue weighted by Crippen LogP contribution is 2.07. The molecular formula is C11H20N. The van der Waals surface area contributed by atoms with Crippen molar-refractivity contribution in [2.75, 3.05) is 6.54 Å². The third-order valence-electron chi connectivity index (χ3n) is 2.00. The Morgan fingerprint density at radius 1 is 0.833 bits per heavy atom. The highest BCUT2D eigenvalue weighted by molar-refractivity contribution is 4.82. The molecule has 69 valence electrons. The quantitative estimate of drug-likeness (QED) is 0.391. The topological polar surface area (TPSA) is 23.8 Å². The highest BCUT2D eigenvalue weighted by atomic mass is 14.5. The first-order chi connectivity index (χ1) is 5.91. The lowest BCUT2D eigenvalue weighted by atomic mass is 10.1. The molecule has 0 aliphatic carbocycles. The van der Waals surface area contributed by atoms with Crippen molar-refractivity contribution in [2.45, 2.75) is 51.4 Å². The van der Waals surface area contributed by atoms with Crippen molar-refractivity contribution < 1.29 is 0 Å². The second kappa shape index (κ2) is 10.5. The molecule has 1 nitrogen and oxygen atoms in total. The summed E-state index contributed by atoms with van der Waals surface area (Å²) >= 11 is 0. The number of hydrogen-bond acceptors (Lipinski definition) is 0. The van der Waals surface area contributed by atoms with Gasteiger partial charge in [0.05, 0.1) is 0 Å². The van der Waals surface area contributed by atoms with Gasteiger partial charge >= 0.3 is 0 Å². The summed E-state index contributed by atoms with van der Waals surface area (Å²) in [6.45, 7) is 0.594. The van der Waals surface area contributed by atoms with Gasteiger partial charge < -0.3 is 0 Å². The van der Waals surface area contributed by atoms with Crippen LogP contribution in [0.25, 0.3) is 0 Å². The molecule has 0 bridgehead atoms. The number of unbranched alkanes of at least 4 members (excludes halogenated alkanes) is 7. The fraction of sp³-hybridized carbons (Fsp3) is 0.818. The first kappa shape index (κ1) is 11.5. The van der Waals surface area contributed by atoms with Crippen LogP contribution in [0.1, 0.15) is 51.4 Å². The summed E-state index contributed by atoms with van der Waals surface area (Å²) in [6, 6.07) is 0. The normalized spacial score (nSPS) is 9.67. The minimum absolute atomic E-state index is 0.594. The molecule has 0 unspecified atom stereocenters. The first-order valence-corrected chi connectivity index (χ1v) is 5.00. The van der Waals surface area contributed by atoms with Crippen molar-refractivity contribution in [3.05, 3.63) is 0 Å². The van der Waals surface area contributed by atoms with Crippen molar-refractivity contribution >= 4 is 0 Å². The Morgan fingerprint density at radius 3 is 1.83 bits per heavy atom. The summed E-state index contributed by atoms with van der Waals surface area (Å²) in [7, 11) is 0. The van der Waals surface area contributed by atoms with E-state index in [0.29, 0.717) is 6.54 Å². The third-order valence-corrected chi connectivity index (χ3v) is 2.00. The van der Waals surface area contributed by atoms with Crippen molar-refractivity contribution in [1.82, 2.24) is 5.73 Å². The largest absolute Gasteiger partial charge is 0.258 e. The average Bonchev–Trinajstić information content (AvgIpc) is 2.10. The lowest BCUT2D eigenvalue weighted by Crippen LogP contribution is -1.85. The average molecular weight is 166 g/mol. The summed E-state index contributed by atoms with van der Waals surface area (Å²) in [6.07, 6.45) is 14.8. The molecule has 0 aromatic carbocycles. The van der Waals surface area contributed by atoms with Crippen molar-refractivity contribution in [3.8, 4) is 12.3 Å². The van der Waals surface area contributed by atoms with E-state index < -0.39 is 0 Å². The Labute approximate surface area is 76.7 Å². The van der Waals surface area contributed by atoms with Gasteiger partial charge in [-0.1, -0.05) is 32.1 Å². The van der Waals surface area contributed by atoms with E-state index in [1.807, 2.05) is 0 Å². The fourth-order valence-corrected chi connectivity index (χ4v) is 1.24. The van der Waals surface area contributed by atoms with Crippen molar-refractivity contribution in [3.63, 3.8) is 0 Å². The molecule has 12 heavy (non-hydrogen) atoms. The van der Waals surface area contributed by atoms with Crippen LogP contribution in [0.2, 0.25) is 0 Å². The smallest absolute Gasteiger partial charge is 0.00997 e. The molecule has 0 saturated carbocycles. The van der Waals surface area contributed by atoms with E-state index in [9.17, 15) is 0 Å². The zero-order valence-corrected chi connectivity index (χ0v) is 7.94. The van der Waals surface area contributed by atoms with Gasteiger partial charge in [0.1, 0.15) is 0 Å². The molecule has 1 radical (unpaired) electrons. The first-order valence-electron chi connectivity index (χ1n) is 5.00. The van der Waals surface area contributed by atoms with E-state index in [4.69, 9.17) is 12.2 Å². The van der Waals surface area contributed by atoms with Crippen molar-refractivity contribution in [2.24, 2.45) is 0 Å². The molecule has 1 N–H and O–H groups in total. The monoisotopic (exact) mass is 166 g/mol. The summed E-state index contributed by atoms with van der Waals surface area (Å²) < 4.78 is 0. The van der Waals surface area contributed by atoms with Crippen LogP contribution in [-0.4, -0.2) is 6.54 Å². The Morgan fingerprint density at radius 2 is 1.33 bits per heavy atom. The molecule has 0 aromatic rings. The molecule has 0 heterocycles. The van der Waals surface area contributed by atoms with E-state index >= 15 is 0 Å². The van der Waals surface area contributed by atoms with Gasteiger partial charge in [-0.05, 0) is 12.8 Å². The lowest BCUT2D eigenvalue weighted by molar-refractivity contribution is 0.584. The second-order valence-electron chi connectivity index (χ2n) is 3.18. The van der Waals surface area contributed by atoms with Gasteiger partial charge in [0.2, 0.25) is 0 Å². The lowest BCUT2D eigenvalue weighted by Gasteiger charge is -1.98. The molecule has 0 rings (SSSR count). The Hall–Kier alpha value is -0.480. The van der Waals surface area contributed by atoms with Crippen LogP contribution < -0.4 is 5.73 Å². The SMILES string of the molecule is C#CCCCCCCCCC[NH]. The highest BCUT2D eigenvalue weighted by Gasteiger charge is 1.89. The van der Waals surface area contributed by atoms with Crippen molar-refractivity contribution in [1.29, 1.82) is 0 Å². The van der Waals surface area contributed by atoms with Gasteiger partial charge in [-0.25, -0.2) is 0 Å². The van der Waals surface area contributed by atoms with Crippen LogP contribution in [-0.2, 0) is 0 Å². The van der Waals surface area contributed by atoms with Gasteiger partial charge in [-0.15, -0.1) is 12.3 Å². The van der Waals surface area contributed by atoms with Gasteiger partial charge in [0.25, 0.3) is 0 Å². The summed E-state index contributed by atoms with van der Waals surface area (Å²) in [5, 5.41) is 0.